The Morgan fingerprint density at radius 3 is 2.25 bits per heavy atom. The predicted octanol–water partition coefficient (Wildman–Crippen LogP) is 4.02. The van der Waals surface area contributed by atoms with Crippen LogP contribution in [0, 0.1) is 0 Å². The van der Waals surface area contributed by atoms with Gasteiger partial charge in [-0.3, -0.25) is 9.59 Å². The fourth-order valence-electron chi connectivity index (χ4n) is 2.25. The topological polar surface area (TPSA) is 73.1 Å². The van der Waals surface area contributed by atoms with Gasteiger partial charge in [0.1, 0.15) is 5.92 Å². The maximum absolute atomic E-state index is 11.4. The molecular weight excluding hydrogens is 351 g/mol. The van der Waals surface area contributed by atoms with Crippen LogP contribution in [0.5, 0.6) is 0 Å². The van der Waals surface area contributed by atoms with Crippen molar-refractivity contribution in [2.75, 3.05) is 0 Å². The zero-order chi connectivity index (χ0) is 17.1. The first-order valence-electron chi connectivity index (χ1n) is 6.94. The third kappa shape index (κ3) is 3.37. The van der Waals surface area contributed by atoms with Gasteiger partial charge in [-0.25, -0.2) is 0 Å². The molecular formula is C17H10Cl2N2O3. The molecule has 0 fully saturated rings. The van der Waals surface area contributed by atoms with E-state index in [9.17, 15) is 9.59 Å². The maximum atomic E-state index is 11.4. The van der Waals surface area contributed by atoms with E-state index in [1.54, 1.807) is 24.3 Å². The van der Waals surface area contributed by atoms with E-state index in [0.717, 1.165) is 5.56 Å². The fourth-order valence-corrected chi connectivity index (χ4v) is 2.75. The lowest BCUT2D eigenvalue weighted by molar-refractivity contribution is -0.120. The molecule has 0 bridgehead atoms. The van der Waals surface area contributed by atoms with Crippen LogP contribution in [0.1, 0.15) is 11.5 Å². The summed E-state index contributed by atoms with van der Waals surface area (Å²) in [7, 11) is 0. The van der Waals surface area contributed by atoms with Crippen molar-refractivity contribution in [1.29, 1.82) is 0 Å². The molecule has 3 rings (SSSR count). The lowest BCUT2D eigenvalue weighted by atomic mass is 9.99. The molecule has 120 valence electrons. The van der Waals surface area contributed by atoms with E-state index in [2.05, 4.69) is 10.1 Å². The molecule has 0 radical (unpaired) electrons. The van der Waals surface area contributed by atoms with Crippen molar-refractivity contribution in [2.45, 2.75) is 5.92 Å². The Kier molecular flexibility index (Phi) is 4.74. The zero-order valence-electron chi connectivity index (χ0n) is 12.1. The number of hydrogen-bond acceptors (Lipinski definition) is 5. The molecule has 0 aliphatic rings. The molecule has 2 aromatic carbocycles. The van der Waals surface area contributed by atoms with E-state index < -0.39 is 16.4 Å². The van der Waals surface area contributed by atoms with Crippen LogP contribution in [-0.2, 0) is 9.59 Å². The minimum atomic E-state index is -1.23. The first kappa shape index (κ1) is 16.4. The number of benzene rings is 2. The smallest absolute Gasteiger partial charge is 0.258 e. The van der Waals surface area contributed by atoms with E-state index in [1.165, 1.54) is 0 Å². The molecule has 0 aliphatic heterocycles. The van der Waals surface area contributed by atoms with E-state index in [0.29, 0.717) is 22.8 Å². The lowest BCUT2D eigenvalue weighted by Crippen LogP contribution is -2.13. The largest absolute Gasteiger partial charge is 0.334 e. The number of nitrogens with zero attached hydrogens (tertiary/aromatic N) is 2. The standard InChI is InChI=1S/C17H10Cl2N2O3/c18-14(22)13(15(19)23)11-7-4-8-12(9-11)16-20-17(24-21-16)10-5-2-1-3-6-10/h1-9,13H. The lowest BCUT2D eigenvalue weighted by Gasteiger charge is -2.08. The highest BCUT2D eigenvalue weighted by molar-refractivity contribution is 6.74. The SMILES string of the molecule is O=C(Cl)C(C(=O)Cl)c1cccc(-c2noc(-c3ccccc3)n2)c1. The first-order valence-corrected chi connectivity index (χ1v) is 7.70. The first-order chi connectivity index (χ1) is 11.6. The second kappa shape index (κ2) is 6.95. The highest BCUT2D eigenvalue weighted by atomic mass is 35.5. The summed E-state index contributed by atoms with van der Waals surface area (Å²) in [6.07, 6.45) is 0. The summed E-state index contributed by atoms with van der Waals surface area (Å²) in [5.74, 6) is -0.526. The zero-order valence-corrected chi connectivity index (χ0v) is 13.7. The van der Waals surface area contributed by atoms with Crippen LogP contribution in [0.3, 0.4) is 0 Å². The Labute approximate surface area is 147 Å². The Morgan fingerprint density at radius 1 is 0.917 bits per heavy atom. The Bertz CT molecular complexity index is 880. The van der Waals surface area contributed by atoms with Gasteiger partial charge in [-0.1, -0.05) is 41.6 Å². The van der Waals surface area contributed by atoms with Crippen molar-refractivity contribution in [1.82, 2.24) is 10.1 Å². The third-order valence-corrected chi connectivity index (χ3v) is 3.82. The summed E-state index contributed by atoms with van der Waals surface area (Å²) in [4.78, 5) is 27.2. The summed E-state index contributed by atoms with van der Waals surface area (Å²) >= 11 is 10.9. The molecule has 24 heavy (non-hydrogen) atoms. The highest BCUT2D eigenvalue weighted by Gasteiger charge is 2.26. The van der Waals surface area contributed by atoms with Crippen molar-refractivity contribution in [3.63, 3.8) is 0 Å². The number of rotatable bonds is 5. The van der Waals surface area contributed by atoms with Crippen LogP contribution < -0.4 is 0 Å². The third-order valence-electron chi connectivity index (χ3n) is 3.38. The van der Waals surface area contributed by atoms with Crippen LogP contribution in [0.4, 0.5) is 0 Å². The molecule has 3 aromatic rings. The summed E-state index contributed by atoms with van der Waals surface area (Å²) in [6, 6.07) is 15.9. The normalized spacial score (nSPS) is 10.8. The molecule has 0 aliphatic carbocycles. The molecule has 1 aromatic heterocycles. The van der Waals surface area contributed by atoms with Crippen molar-refractivity contribution in [3.8, 4) is 22.8 Å². The van der Waals surface area contributed by atoms with Gasteiger partial charge < -0.3 is 4.52 Å². The maximum Gasteiger partial charge on any atom is 0.258 e. The minimum Gasteiger partial charge on any atom is -0.334 e. The molecule has 0 N–H and O–H groups in total. The Hall–Kier alpha value is -2.50. The average molecular weight is 361 g/mol. The molecule has 0 atom stereocenters. The summed E-state index contributed by atoms with van der Waals surface area (Å²) in [5.41, 5.74) is 1.75. The predicted molar refractivity (Wildman–Crippen MR) is 89.6 cm³/mol. The molecule has 0 spiro atoms. The van der Waals surface area contributed by atoms with Gasteiger partial charge in [0.15, 0.2) is 0 Å². The molecule has 0 saturated heterocycles. The van der Waals surface area contributed by atoms with E-state index in [4.69, 9.17) is 27.7 Å². The van der Waals surface area contributed by atoms with Gasteiger partial charge in [0.25, 0.3) is 5.89 Å². The second-order valence-electron chi connectivity index (χ2n) is 4.96. The van der Waals surface area contributed by atoms with Crippen LogP contribution in [0.15, 0.2) is 59.1 Å². The van der Waals surface area contributed by atoms with Gasteiger partial charge in [-0.15, -0.1) is 0 Å². The van der Waals surface area contributed by atoms with Gasteiger partial charge in [-0.05, 0) is 47.0 Å². The molecule has 7 heteroatoms. The van der Waals surface area contributed by atoms with Gasteiger partial charge in [0.05, 0.1) is 0 Å². The van der Waals surface area contributed by atoms with Gasteiger partial charge in [-0.2, -0.15) is 4.98 Å². The average Bonchev–Trinajstić information content (AvgIpc) is 3.05. The fraction of sp³-hybridized carbons (Fsp3) is 0.0588. The molecule has 1 heterocycles. The summed E-state index contributed by atoms with van der Waals surface area (Å²) < 4.78 is 5.25. The number of halogens is 2. The van der Waals surface area contributed by atoms with E-state index in [1.807, 2.05) is 30.3 Å². The van der Waals surface area contributed by atoms with Gasteiger partial charge >= 0.3 is 0 Å². The van der Waals surface area contributed by atoms with Crippen molar-refractivity contribution in [3.05, 3.63) is 60.2 Å². The quantitative estimate of drug-likeness (QED) is 0.507. The molecule has 0 unspecified atom stereocenters. The number of carbonyl (C=O) groups excluding carboxylic acids is 2. The number of aromatic nitrogens is 2. The Morgan fingerprint density at radius 2 is 1.58 bits per heavy atom. The van der Waals surface area contributed by atoms with E-state index >= 15 is 0 Å². The van der Waals surface area contributed by atoms with Gasteiger partial charge in [0, 0.05) is 11.1 Å². The molecule has 0 saturated carbocycles. The van der Waals surface area contributed by atoms with Crippen LogP contribution in [0.2, 0.25) is 0 Å². The summed E-state index contributed by atoms with van der Waals surface area (Å²) in [5, 5.41) is 2.25. The monoisotopic (exact) mass is 360 g/mol. The highest BCUT2D eigenvalue weighted by Crippen LogP contribution is 2.27. The molecule has 5 nitrogen and oxygen atoms in total. The van der Waals surface area contributed by atoms with Crippen LogP contribution in [0.25, 0.3) is 22.8 Å². The summed E-state index contributed by atoms with van der Waals surface area (Å²) in [6.45, 7) is 0. The molecule has 0 amide bonds. The minimum absolute atomic E-state index is 0.332. The van der Waals surface area contributed by atoms with Crippen molar-refractivity contribution >= 4 is 33.7 Å². The van der Waals surface area contributed by atoms with Crippen molar-refractivity contribution < 1.29 is 14.1 Å². The van der Waals surface area contributed by atoms with Gasteiger partial charge in [0.2, 0.25) is 16.3 Å². The van der Waals surface area contributed by atoms with E-state index in [-0.39, 0.29) is 0 Å². The number of carbonyl (C=O) groups is 2. The van der Waals surface area contributed by atoms with Crippen LogP contribution in [-0.4, -0.2) is 20.6 Å². The number of hydrogen-bond donors (Lipinski definition) is 0. The Balaban J connectivity index is 1.97. The van der Waals surface area contributed by atoms with Crippen molar-refractivity contribution in [2.24, 2.45) is 0 Å². The second-order valence-corrected chi connectivity index (χ2v) is 5.70. The van der Waals surface area contributed by atoms with Crippen LogP contribution >= 0.6 is 23.2 Å².